The molecule has 0 atom stereocenters. The predicted molar refractivity (Wildman–Crippen MR) is 183 cm³/mol. The SMILES string of the molecule is c1ccc(-c2cccc(N(c3cccc(-c4ccccc4)c3)c3cccc(-c4ccccc4-c4ccccc4)c3)c2)cc1. The van der Waals surface area contributed by atoms with Gasteiger partial charge in [0.2, 0.25) is 0 Å². The summed E-state index contributed by atoms with van der Waals surface area (Å²) in [5.74, 6) is 0. The Morgan fingerprint density at radius 2 is 0.558 bits per heavy atom. The minimum absolute atomic E-state index is 1.11. The second-order valence-corrected chi connectivity index (χ2v) is 10.6. The maximum Gasteiger partial charge on any atom is 0.0467 e. The van der Waals surface area contributed by atoms with Crippen LogP contribution in [0.3, 0.4) is 0 Å². The van der Waals surface area contributed by atoms with Gasteiger partial charge in [0.15, 0.2) is 0 Å². The fraction of sp³-hybridized carbons (Fsp3) is 0. The van der Waals surface area contributed by atoms with Crippen LogP contribution in [0, 0.1) is 0 Å². The summed E-state index contributed by atoms with van der Waals surface area (Å²) < 4.78 is 0. The molecule has 0 N–H and O–H groups in total. The van der Waals surface area contributed by atoms with Gasteiger partial charge in [-0.25, -0.2) is 0 Å². The van der Waals surface area contributed by atoms with Crippen LogP contribution in [0.2, 0.25) is 0 Å². The Bertz CT molecular complexity index is 1880. The minimum atomic E-state index is 1.11. The molecule has 43 heavy (non-hydrogen) atoms. The van der Waals surface area contributed by atoms with Crippen molar-refractivity contribution in [3.8, 4) is 44.5 Å². The summed E-state index contributed by atoms with van der Waals surface area (Å²) in [5.41, 5.74) is 12.9. The van der Waals surface area contributed by atoms with Crippen LogP contribution in [0.5, 0.6) is 0 Å². The third-order valence-electron chi connectivity index (χ3n) is 7.85. The van der Waals surface area contributed by atoms with Gasteiger partial charge in [-0.1, -0.05) is 152 Å². The molecular formula is C42H31N. The summed E-state index contributed by atoms with van der Waals surface area (Å²) in [4.78, 5) is 2.37. The molecule has 0 bridgehead atoms. The van der Waals surface area contributed by atoms with E-state index in [9.17, 15) is 0 Å². The highest BCUT2D eigenvalue weighted by atomic mass is 15.1. The lowest BCUT2D eigenvalue weighted by atomic mass is 9.94. The summed E-state index contributed by atoms with van der Waals surface area (Å²) >= 11 is 0. The van der Waals surface area contributed by atoms with Crippen LogP contribution in [-0.2, 0) is 0 Å². The molecule has 0 unspecified atom stereocenters. The number of hydrogen-bond acceptors (Lipinski definition) is 1. The van der Waals surface area contributed by atoms with Crippen LogP contribution in [0.15, 0.2) is 188 Å². The van der Waals surface area contributed by atoms with Crippen molar-refractivity contribution in [1.29, 1.82) is 0 Å². The third-order valence-corrected chi connectivity index (χ3v) is 7.85. The Kier molecular flexibility index (Phi) is 7.36. The van der Waals surface area contributed by atoms with E-state index < -0.39 is 0 Å². The third kappa shape index (κ3) is 5.62. The molecule has 0 aliphatic heterocycles. The maximum atomic E-state index is 2.37. The molecule has 0 aromatic heterocycles. The van der Waals surface area contributed by atoms with Gasteiger partial charge < -0.3 is 4.90 Å². The molecule has 1 nitrogen and oxygen atoms in total. The topological polar surface area (TPSA) is 3.24 Å². The Labute approximate surface area is 254 Å². The summed E-state index contributed by atoms with van der Waals surface area (Å²) in [5, 5.41) is 0. The molecule has 204 valence electrons. The Hall–Kier alpha value is -5.66. The van der Waals surface area contributed by atoms with Gasteiger partial charge >= 0.3 is 0 Å². The Balaban J connectivity index is 1.39. The van der Waals surface area contributed by atoms with Crippen molar-refractivity contribution in [2.75, 3.05) is 4.90 Å². The van der Waals surface area contributed by atoms with Gasteiger partial charge in [-0.3, -0.25) is 0 Å². The van der Waals surface area contributed by atoms with Crippen molar-refractivity contribution in [2.45, 2.75) is 0 Å². The molecule has 0 saturated heterocycles. The number of hydrogen-bond donors (Lipinski definition) is 0. The fourth-order valence-corrected chi connectivity index (χ4v) is 5.77. The molecule has 0 amide bonds. The van der Waals surface area contributed by atoms with E-state index in [-0.39, 0.29) is 0 Å². The Morgan fingerprint density at radius 3 is 1.02 bits per heavy atom. The van der Waals surface area contributed by atoms with E-state index in [4.69, 9.17) is 0 Å². The van der Waals surface area contributed by atoms with E-state index in [2.05, 4.69) is 193 Å². The zero-order valence-electron chi connectivity index (χ0n) is 23.8. The van der Waals surface area contributed by atoms with E-state index in [1.807, 2.05) is 0 Å². The van der Waals surface area contributed by atoms with E-state index >= 15 is 0 Å². The summed E-state index contributed by atoms with van der Waals surface area (Å²) in [6.07, 6.45) is 0. The van der Waals surface area contributed by atoms with Gasteiger partial charge in [-0.05, 0) is 80.9 Å². The number of anilines is 3. The lowest BCUT2D eigenvalue weighted by molar-refractivity contribution is 1.28. The van der Waals surface area contributed by atoms with E-state index in [0.717, 1.165) is 17.1 Å². The van der Waals surface area contributed by atoms with Gasteiger partial charge in [0.1, 0.15) is 0 Å². The van der Waals surface area contributed by atoms with Crippen LogP contribution in [0.4, 0.5) is 17.1 Å². The highest BCUT2D eigenvalue weighted by Gasteiger charge is 2.16. The average molecular weight is 550 g/mol. The predicted octanol–water partition coefficient (Wildman–Crippen LogP) is 11.8. The van der Waals surface area contributed by atoms with E-state index in [1.165, 1.54) is 44.5 Å². The fourth-order valence-electron chi connectivity index (χ4n) is 5.77. The van der Waals surface area contributed by atoms with Crippen molar-refractivity contribution >= 4 is 17.1 Å². The molecule has 0 aliphatic carbocycles. The first-order chi connectivity index (χ1) is 21.3. The molecule has 0 radical (unpaired) electrons. The molecule has 0 spiro atoms. The van der Waals surface area contributed by atoms with Crippen LogP contribution in [-0.4, -0.2) is 0 Å². The molecule has 0 aliphatic rings. The average Bonchev–Trinajstić information content (AvgIpc) is 3.10. The van der Waals surface area contributed by atoms with Gasteiger partial charge in [0, 0.05) is 17.1 Å². The molecule has 7 rings (SSSR count). The smallest absolute Gasteiger partial charge is 0.0467 e. The number of rotatable bonds is 7. The Morgan fingerprint density at radius 1 is 0.233 bits per heavy atom. The molecular weight excluding hydrogens is 518 g/mol. The second kappa shape index (κ2) is 12.1. The molecule has 7 aromatic carbocycles. The van der Waals surface area contributed by atoms with Gasteiger partial charge in [0.25, 0.3) is 0 Å². The first kappa shape index (κ1) is 26.3. The largest absolute Gasteiger partial charge is 0.310 e. The highest BCUT2D eigenvalue weighted by molar-refractivity contribution is 5.88. The standard InChI is InChI=1S/C42H31N/c1-4-15-32(16-5-1)35-21-12-24-38(29-35)43(39-25-13-22-36(30-39)33-17-6-2-7-18-33)40-26-14-23-37(31-40)42-28-11-10-27-41(42)34-19-8-3-9-20-34/h1-31H. The van der Waals surface area contributed by atoms with Crippen LogP contribution < -0.4 is 4.90 Å². The zero-order valence-corrected chi connectivity index (χ0v) is 23.8. The number of benzene rings is 7. The summed E-state index contributed by atoms with van der Waals surface area (Å²) in [6.45, 7) is 0. The minimum Gasteiger partial charge on any atom is -0.310 e. The summed E-state index contributed by atoms with van der Waals surface area (Å²) in [6, 6.07) is 67.0. The zero-order chi connectivity index (χ0) is 28.8. The van der Waals surface area contributed by atoms with E-state index in [1.54, 1.807) is 0 Å². The highest BCUT2D eigenvalue weighted by Crippen LogP contribution is 2.40. The second-order valence-electron chi connectivity index (χ2n) is 10.6. The van der Waals surface area contributed by atoms with Crippen LogP contribution in [0.25, 0.3) is 44.5 Å². The van der Waals surface area contributed by atoms with Crippen molar-refractivity contribution in [3.63, 3.8) is 0 Å². The van der Waals surface area contributed by atoms with Crippen molar-refractivity contribution in [1.82, 2.24) is 0 Å². The van der Waals surface area contributed by atoms with Crippen LogP contribution >= 0.6 is 0 Å². The van der Waals surface area contributed by atoms with E-state index in [0.29, 0.717) is 0 Å². The van der Waals surface area contributed by atoms with Crippen LogP contribution in [0.1, 0.15) is 0 Å². The molecule has 0 fully saturated rings. The normalized spacial score (nSPS) is 10.8. The monoisotopic (exact) mass is 549 g/mol. The van der Waals surface area contributed by atoms with Crippen molar-refractivity contribution in [2.24, 2.45) is 0 Å². The summed E-state index contributed by atoms with van der Waals surface area (Å²) in [7, 11) is 0. The number of nitrogens with zero attached hydrogens (tertiary/aromatic N) is 1. The first-order valence-corrected chi connectivity index (χ1v) is 14.7. The van der Waals surface area contributed by atoms with Crippen molar-refractivity contribution in [3.05, 3.63) is 188 Å². The molecule has 7 aromatic rings. The van der Waals surface area contributed by atoms with Crippen molar-refractivity contribution < 1.29 is 0 Å². The lowest BCUT2D eigenvalue weighted by Gasteiger charge is -2.27. The molecule has 0 saturated carbocycles. The van der Waals surface area contributed by atoms with Gasteiger partial charge in [-0.2, -0.15) is 0 Å². The molecule has 0 heterocycles. The quantitative estimate of drug-likeness (QED) is 0.191. The molecule has 1 heteroatoms. The maximum absolute atomic E-state index is 2.37. The lowest BCUT2D eigenvalue weighted by Crippen LogP contribution is -2.10. The van der Waals surface area contributed by atoms with Gasteiger partial charge in [0.05, 0.1) is 0 Å². The first-order valence-electron chi connectivity index (χ1n) is 14.7. The van der Waals surface area contributed by atoms with Gasteiger partial charge in [-0.15, -0.1) is 0 Å².